The van der Waals surface area contributed by atoms with Crippen molar-refractivity contribution in [2.75, 3.05) is 14.2 Å². The van der Waals surface area contributed by atoms with Crippen LogP contribution in [0.1, 0.15) is 23.6 Å². The SMILES string of the molecule is CO/C(C)=C(/c1ccccc1C)c1c(OC)ccc2ccccc12. The van der Waals surface area contributed by atoms with E-state index in [0.29, 0.717) is 0 Å². The zero-order valence-electron chi connectivity index (χ0n) is 14.6. The predicted molar refractivity (Wildman–Crippen MR) is 100 cm³/mol. The van der Waals surface area contributed by atoms with E-state index in [1.54, 1.807) is 14.2 Å². The maximum Gasteiger partial charge on any atom is 0.127 e. The number of hydrogen-bond donors (Lipinski definition) is 0. The van der Waals surface area contributed by atoms with Crippen LogP contribution in [0.2, 0.25) is 0 Å². The van der Waals surface area contributed by atoms with Gasteiger partial charge in [-0.25, -0.2) is 0 Å². The summed E-state index contributed by atoms with van der Waals surface area (Å²) in [6.45, 7) is 4.12. The third kappa shape index (κ3) is 2.76. The zero-order chi connectivity index (χ0) is 17.1. The Balaban J connectivity index is 2.43. The number of methoxy groups -OCH3 is 2. The van der Waals surface area contributed by atoms with Gasteiger partial charge in [-0.3, -0.25) is 0 Å². The van der Waals surface area contributed by atoms with E-state index in [0.717, 1.165) is 33.6 Å². The van der Waals surface area contributed by atoms with Crippen LogP contribution in [0.4, 0.5) is 0 Å². The van der Waals surface area contributed by atoms with E-state index in [-0.39, 0.29) is 0 Å². The molecule has 0 aliphatic carbocycles. The molecule has 0 spiro atoms. The minimum absolute atomic E-state index is 0.850. The third-order valence-electron chi connectivity index (χ3n) is 4.43. The summed E-state index contributed by atoms with van der Waals surface area (Å²) < 4.78 is 11.3. The van der Waals surface area contributed by atoms with Crippen molar-refractivity contribution in [2.24, 2.45) is 0 Å². The Morgan fingerprint density at radius 3 is 2.25 bits per heavy atom. The molecule has 0 atom stereocenters. The van der Waals surface area contributed by atoms with E-state index >= 15 is 0 Å². The minimum atomic E-state index is 0.850. The maximum atomic E-state index is 5.70. The lowest BCUT2D eigenvalue weighted by Gasteiger charge is -2.19. The molecule has 2 heteroatoms. The third-order valence-corrected chi connectivity index (χ3v) is 4.43. The Kier molecular flexibility index (Phi) is 4.57. The number of aryl methyl sites for hydroxylation is 1. The highest BCUT2D eigenvalue weighted by atomic mass is 16.5. The summed E-state index contributed by atoms with van der Waals surface area (Å²) in [6, 6.07) is 20.9. The summed E-state index contributed by atoms with van der Waals surface area (Å²) in [5.74, 6) is 1.72. The first-order valence-electron chi connectivity index (χ1n) is 8.04. The number of benzene rings is 3. The van der Waals surface area contributed by atoms with Crippen molar-refractivity contribution in [1.29, 1.82) is 0 Å². The summed E-state index contributed by atoms with van der Waals surface area (Å²) in [4.78, 5) is 0. The molecule has 0 unspecified atom stereocenters. The molecule has 0 saturated heterocycles. The van der Waals surface area contributed by atoms with Crippen LogP contribution in [0, 0.1) is 6.92 Å². The average Bonchev–Trinajstić information content (AvgIpc) is 2.63. The molecule has 0 N–H and O–H groups in total. The van der Waals surface area contributed by atoms with Gasteiger partial charge < -0.3 is 9.47 Å². The van der Waals surface area contributed by atoms with Gasteiger partial charge >= 0.3 is 0 Å². The Morgan fingerprint density at radius 2 is 1.54 bits per heavy atom. The van der Waals surface area contributed by atoms with Gasteiger partial charge in [0.05, 0.1) is 14.2 Å². The highest BCUT2D eigenvalue weighted by molar-refractivity contribution is 6.01. The number of allylic oxidation sites excluding steroid dienone is 1. The molecule has 0 radical (unpaired) electrons. The van der Waals surface area contributed by atoms with E-state index in [1.807, 2.05) is 13.0 Å². The lowest BCUT2D eigenvalue weighted by Crippen LogP contribution is -2.00. The molecule has 0 aliphatic heterocycles. The minimum Gasteiger partial charge on any atom is -0.501 e. The Hall–Kier alpha value is -2.74. The molecule has 122 valence electrons. The fourth-order valence-corrected chi connectivity index (χ4v) is 3.14. The van der Waals surface area contributed by atoms with Crippen LogP contribution in [0.3, 0.4) is 0 Å². The van der Waals surface area contributed by atoms with Gasteiger partial charge in [0, 0.05) is 11.1 Å². The second-order valence-corrected chi connectivity index (χ2v) is 5.81. The lowest BCUT2D eigenvalue weighted by atomic mass is 9.89. The van der Waals surface area contributed by atoms with E-state index in [1.165, 1.54) is 10.9 Å². The van der Waals surface area contributed by atoms with Crippen molar-refractivity contribution in [3.8, 4) is 5.75 Å². The molecule has 0 saturated carbocycles. The van der Waals surface area contributed by atoms with Crippen LogP contribution in [-0.2, 0) is 4.74 Å². The molecule has 0 aliphatic rings. The monoisotopic (exact) mass is 318 g/mol. The van der Waals surface area contributed by atoms with Crippen molar-refractivity contribution in [2.45, 2.75) is 13.8 Å². The number of fused-ring (bicyclic) bond motifs is 1. The highest BCUT2D eigenvalue weighted by Crippen LogP contribution is 2.39. The first-order chi connectivity index (χ1) is 11.7. The van der Waals surface area contributed by atoms with Gasteiger partial charge in [0.1, 0.15) is 11.5 Å². The van der Waals surface area contributed by atoms with Crippen molar-refractivity contribution in [3.63, 3.8) is 0 Å². The van der Waals surface area contributed by atoms with Crippen LogP contribution < -0.4 is 4.74 Å². The molecule has 0 fully saturated rings. The van der Waals surface area contributed by atoms with Gasteiger partial charge in [0.15, 0.2) is 0 Å². The number of hydrogen-bond acceptors (Lipinski definition) is 2. The molecule has 3 aromatic rings. The first kappa shape index (κ1) is 16.1. The predicted octanol–water partition coefficient (Wildman–Crippen LogP) is 5.58. The summed E-state index contributed by atoms with van der Waals surface area (Å²) in [7, 11) is 3.43. The first-order valence-corrected chi connectivity index (χ1v) is 8.04. The van der Waals surface area contributed by atoms with Gasteiger partial charge in [-0.05, 0) is 41.8 Å². The average molecular weight is 318 g/mol. The van der Waals surface area contributed by atoms with Crippen LogP contribution in [0.5, 0.6) is 5.75 Å². The Morgan fingerprint density at radius 1 is 0.833 bits per heavy atom. The normalized spacial score (nSPS) is 12.0. The maximum absolute atomic E-state index is 5.70. The molecule has 3 rings (SSSR count). The fourth-order valence-electron chi connectivity index (χ4n) is 3.14. The second kappa shape index (κ2) is 6.79. The fraction of sp³-hybridized carbons (Fsp3) is 0.182. The van der Waals surface area contributed by atoms with Crippen molar-refractivity contribution in [3.05, 3.63) is 83.1 Å². The van der Waals surface area contributed by atoms with Crippen LogP contribution in [-0.4, -0.2) is 14.2 Å². The molecule has 0 heterocycles. The Bertz CT molecular complexity index is 907. The smallest absolute Gasteiger partial charge is 0.127 e. The van der Waals surface area contributed by atoms with Crippen LogP contribution in [0.25, 0.3) is 16.3 Å². The summed E-state index contributed by atoms with van der Waals surface area (Å²) >= 11 is 0. The van der Waals surface area contributed by atoms with Crippen LogP contribution in [0.15, 0.2) is 66.4 Å². The topological polar surface area (TPSA) is 18.5 Å². The molecular weight excluding hydrogens is 296 g/mol. The lowest BCUT2D eigenvalue weighted by molar-refractivity contribution is 0.296. The van der Waals surface area contributed by atoms with E-state index in [2.05, 4.69) is 61.5 Å². The molecule has 24 heavy (non-hydrogen) atoms. The van der Waals surface area contributed by atoms with Gasteiger partial charge in [0.25, 0.3) is 0 Å². The van der Waals surface area contributed by atoms with Gasteiger partial charge in [-0.2, -0.15) is 0 Å². The van der Waals surface area contributed by atoms with E-state index in [4.69, 9.17) is 9.47 Å². The summed E-state index contributed by atoms with van der Waals surface area (Å²) in [5.41, 5.74) is 4.51. The van der Waals surface area contributed by atoms with E-state index in [9.17, 15) is 0 Å². The molecular formula is C22H22O2. The summed E-state index contributed by atoms with van der Waals surface area (Å²) in [6.07, 6.45) is 0. The Labute approximate surface area is 143 Å². The van der Waals surface area contributed by atoms with Crippen LogP contribution >= 0.6 is 0 Å². The van der Waals surface area contributed by atoms with E-state index < -0.39 is 0 Å². The standard InChI is InChI=1S/C22H22O2/c1-15-9-5-7-11-18(15)21(16(2)23-3)22-19-12-8-6-10-17(19)13-14-20(22)24-4/h5-14H,1-4H3/b21-16-. The van der Waals surface area contributed by atoms with Gasteiger partial charge in [-0.1, -0.05) is 54.6 Å². The van der Waals surface area contributed by atoms with Gasteiger partial charge in [-0.15, -0.1) is 0 Å². The molecule has 0 aromatic heterocycles. The molecule has 0 bridgehead atoms. The number of ether oxygens (including phenoxy) is 2. The quantitative estimate of drug-likeness (QED) is 0.584. The molecule has 0 amide bonds. The zero-order valence-corrected chi connectivity index (χ0v) is 14.6. The van der Waals surface area contributed by atoms with Crippen molar-refractivity contribution in [1.82, 2.24) is 0 Å². The summed E-state index contributed by atoms with van der Waals surface area (Å²) in [5, 5.41) is 2.34. The molecule has 2 nitrogen and oxygen atoms in total. The highest BCUT2D eigenvalue weighted by Gasteiger charge is 2.19. The molecule has 3 aromatic carbocycles. The second-order valence-electron chi connectivity index (χ2n) is 5.81. The van der Waals surface area contributed by atoms with Gasteiger partial charge in [0.2, 0.25) is 0 Å². The van der Waals surface area contributed by atoms with Crippen molar-refractivity contribution < 1.29 is 9.47 Å². The largest absolute Gasteiger partial charge is 0.501 e. The van der Waals surface area contributed by atoms with Crippen molar-refractivity contribution >= 4 is 16.3 Å². The number of rotatable bonds is 4.